The summed E-state index contributed by atoms with van der Waals surface area (Å²) in [7, 11) is 0. The number of alkyl halides is 3. The van der Waals surface area contributed by atoms with Crippen molar-refractivity contribution in [3.8, 4) is 5.88 Å². The first-order chi connectivity index (χ1) is 9.29. The molecule has 0 aliphatic heterocycles. The average molecular weight is 283 g/mol. The topological polar surface area (TPSA) is 72.0 Å². The lowest BCUT2D eigenvalue weighted by Crippen LogP contribution is -2.31. The third-order valence-electron chi connectivity index (χ3n) is 2.74. The van der Waals surface area contributed by atoms with Gasteiger partial charge in [0, 0.05) is 17.0 Å². The number of amidine groups is 1. The molecule has 1 unspecified atom stereocenters. The van der Waals surface area contributed by atoms with Crippen LogP contribution >= 0.6 is 0 Å². The van der Waals surface area contributed by atoms with E-state index in [4.69, 9.17) is 15.9 Å². The monoisotopic (exact) mass is 283 g/mol. The fourth-order valence-electron chi connectivity index (χ4n) is 1.68. The van der Waals surface area contributed by atoms with Gasteiger partial charge in [-0.3, -0.25) is 5.41 Å². The molecule has 1 aromatic carbocycles. The molecule has 7 heteroatoms. The molecule has 0 saturated carbocycles. The molecule has 20 heavy (non-hydrogen) atoms. The van der Waals surface area contributed by atoms with Gasteiger partial charge in [0.05, 0.1) is 5.52 Å². The van der Waals surface area contributed by atoms with E-state index < -0.39 is 12.3 Å². The number of benzene rings is 1. The van der Waals surface area contributed by atoms with Gasteiger partial charge in [0.15, 0.2) is 6.10 Å². The van der Waals surface area contributed by atoms with Crippen LogP contribution in [0.4, 0.5) is 13.2 Å². The third kappa shape index (κ3) is 2.81. The van der Waals surface area contributed by atoms with Crippen molar-refractivity contribution in [1.29, 1.82) is 5.41 Å². The summed E-state index contributed by atoms with van der Waals surface area (Å²) in [5.41, 5.74) is 6.16. The van der Waals surface area contributed by atoms with Crippen molar-refractivity contribution >= 4 is 16.7 Å². The number of hydrogen-bond acceptors (Lipinski definition) is 3. The Morgan fingerprint density at radius 1 is 1.35 bits per heavy atom. The van der Waals surface area contributed by atoms with Crippen LogP contribution in [0.15, 0.2) is 30.3 Å². The molecule has 0 fully saturated rings. The van der Waals surface area contributed by atoms with Gasteiger partial charge in [-0.2, -0.15) is 13.2 Å². The molecule has 3 N–H and O–H groups in total. The van der Waals surface area contributed by atoms with Gasteiger partial charge in [-0.05, 0) is 13.0 Å². The maximum atomic E-state index is 12.5. The first-order valence-electron chi connectivity index (χ1n) is 5.76. The highest BCUT2D eigenvalue weighted by Gasteiger charge is 2.38. The highest BCUT2D eigenvalue weighted by Crippen LogP contribution is 2.27. The van der Waals surface area contributed by atoms with E-state index in [1.54, 1.807) is 24.3 Å². The van der Waals surface area contributed by atoms with Gasteiger partial charge in [-0.15, -0.1) is 0 Å². The van der Waals surface area contributed by atoms with Crippen molar-refractivity contribution in [1.82, 2.24) is 4.98 Å². The van der Waals surface area contributed by atoms with E-state index in [9.17, 15) is 13.2 Å². The highest BCUT2D eigenvalue weighted by molar-refractivity contribution is 6.06. The SMILES string of the molecule is CC(Oc1cc(C(=N)N)c2ccccc2n1)C(F)(F)F. The van der Waals surface area contributed by atoms with Crippen molar-refractivity contribution in [2.75, 3.05) is 0 Å². The minimum absolute atomic E-state index is 0.210. The molecule has 0 radical (unpaired) electrons. The summed E-state index contributed by atoms with van der Waals surface area (Å²) in [6.07, 6.45) is -6.47. The number of rotatable bonds is 3. The summed E-state index contributed by atoms with van der Waals surface area (Å²) in [5, 5.41) is 8.08. The molecule has 0 spiro atoms. The lowest BCUT2D eigenvalue weighted by molar-refractivity contribution is -0.189. The molecule has 0 bridgehead atoms. The fourth-order valence-corrected chi connectivity index (χ4v) is 1.68. The van der Waals surface area contributed by atoms with Crippen molar-refractivity contribution in [3.63, 3.8) is 0 Å². The molecule has 106 valence electrons. The molecular weight excluding hydrogens is 271 g/mol. The number of halogens is 3. The minimum Gasteiger partial charge on any atom is -0.465 e. The molecule has 0 saturated heterocycles. The van der Waals surface area contributed by atoms with Gasteiger partial charge >= 0.3 is 6.18 Å². The van der Waals surface area contributed by atoms with Gasteiger partial charge in [0.25, 0.3) is 0 Å². The number of nitrogen functional groups attached to an aromatic ring is 1. The molecule has 2 rings (SSSR count). The molecule has 2 aromatic rings. The van der Waals surface area contributed by atoms with E-state index in [0.29, 0.717) is 16.5 Å². The Balaban J connectivity index is 2.48. The standard InChI is InChI=1S/C13H12F3N3O/c1-7(13(14,15)16)20-11-6-9(12(17)18)8-4-2-3-5-10(8)19-11/h2-7H,1H3,(H3,17,18). The fraction of sp³-hybridized carbons (Fsp3) is 0.231. The number of para-hydroxylation sites is 1. The Bertz CT molecular complexity index is 655. The maximum Gasteiger partial charge on any atom is 0.425 e. The van der Waals surface area contributed by atoms with Crippen LogP contribution in [-0.2, 0) is 0 Å². The van der Waals surface area contributed by atoms with Gasteiger partial charge in [0.2, 0.25) is 5.88 Å². The van der Waals surface area contributed by atoms with E-state index >= 15 is 0 Å². The lowest BCUT2D eigenvalue weighted by Gasteiger charge is -2.17. The zero-order chi connectivity index (χ0) is 14.9. The molecular formula is C13H12F3N3O. The van der Waals surface area contributed by atoms with Crippen molar-refractivity contribution in [2.24, 2.45) is 5.73 Å². The van der Waals surface area contributed by atoms with E-state index in [-0.39, 0.29) is 11.7 Å². The molecule has 1 aromatic heterocycles. The Kier molecular flexibility index (Phi) is 3.52. The molecule has 1 atom stereocenters. The minimum atomic E-state index is -4.48. The number of nitrogens with zero attached hydrogens (tertiary/aromatic N) is 1. The summed E-state index contributed by atoms with van der Waals surface area (Å²) in [5.74, 6) is -0.466. The van der Waals surface area contributed by atoms with Crippen LogP contribution in [0.25, 0.3) is 10.9 Å². The van der Waals surface area contributed by atoms with Crippen LogP contribution in [0.5, 0.6) is 5.88 Å². The first kappa shape index (κ1) is 14.1. The van der Waals surface area contributed by atoms with Crippen LogP contribution in [0, 0.1) is 5.41 Å². The van der Waals surface area contributed by atoms with Crippen LogP contribution in [0.2, 0.25) is 0 Å². The highest BCUT2D eigenvalue weighted by atomic mass is 19.4. The van der Waals surface area contributed by atoms with E-state index in [0.717, 1.165) is 6.92 Å². The Hall–Kier alpha value is -2.31. The summed E-state index contributed by atoms with van der Waals surface area (Å²) < 4.78 is 42.3. The number of hydrogen-bond donors (Lipinski definition) is 2. The van der Waals surface area contributed by atoms with Gasteiger partial charge in [0.1, 0.15) is 5.84 Å². The number of pyridine rings is 1. The second kappa shape index (κ2) is 4.99. The zero-order valence-electron chi connectivity index (χ0n) is 10.5. The largest absolute Gasteiger partial charge is 0.465 e. The van der Waals surface area contributed by atoms with E-state index in [1.807, 2.05) is 0 Å². The van der Waals surface area contributed by atoms with Gasteiger partial charge in [-0.25, -0.2) is 4.98 Å². The summed E-state index contributed by atoms with van der Waals surface area (Å²) in [6, 6.07) is 7.97. The van der Waals surface area contributed by atoms with Gasteiger partial charge < -0.3 is 10.5 Å². The second-order valence-corrected chi connectivity index (χ2v) is 4.24. The predicted octanol–water partition coefficient (Wildman–Crippen LogP) is 2.85. The number of nitrogens with one attached hydrogen (secondary N) is 1. The van der Waals surface area contributed by atoms with Crippen LogP contribution in [0.1, 0.15) is 12.5 Å². The van der Waals surface area contributed by atoms with Crippen molar-refractivity contribution in [2.45, 2.75) is 19.2 Å². The Morgan fingerprint density at radius 3 is 2.60 bits per heavy atom. The second-order valence-electron chi connectivity index (χ2n) is 4.24. The van der Waals surface area contributed by atoms with E-state index in [1.165, 1.54) is 6.07 Å². The molecule has 0 aliphatic carbocycles. The summed E-state index contributed by atoms with van der Waals surface area (Å²) in [6.45, 7) is 0.893. The number of nitrogens with two attached hydrogens (primary N) is 1. The van der Waals surface area contributed by atoms with Crippen molar-refractivity contribution < 1.29 is 17.9 Å². The van der Waals surface area contributed by atoms with Crippen molar-refractivity contribution in [3.05, 3.63) is 35.9 Å². The normalized spacial score (nSPS) is 13.2. The van der Waals surface area contributed by atoms with Crippen LogP contribution < -0.4 is 10.5 Å². The van der Waals surface area contributed by atoms with Gasteiger partial charge in [-0.1, -0.05) is 18.2 Å². The average Bonchev–Trinajstić information content (AvgIpc) is 2.36. The summed E-state index contributed by atoms with van der Waals surface area (Å²) >= 11 is 0. The zero-order valence-corrected chi connectivity index (χ0v) is 10.5. The maximum absolute atomic E-state index is 12.5. The molecule has 0 amide bonds. The van der Waals surface area contributed by atoms with E-state index in [2.05, 4.69) is 4.98 Å². The molecule has 0 aliphatic rings. The first-order valence-corrected chi connectivity index (χ1v) is 5.76. The number of aromatic nitrogens is 1. The number of fused-ring (bicyclic) bond motifs is 1. The smallest absolute Gasteiger partial charge is 0.425 e. The summed E-state index contributed by atoms with van der Waals surface area (Å²) in [4.78, 5) is 4.00. The predicted molar refractivity (Wildman–Crippen MR) is 68.9 cm³/mol. The molecule has 1 heterocycles. The Morgan fingerprint density at radius 2 is 2.00 bits per heavy atom. The van der Waals surface area contributed by atoms with Crippen LogP contribution in [-0.4, -0.2) is 23.1 Å². The Labute approximate surface area is 112 Å². The quantitative estimate of drug-likeness (QED) is 0.672. The lowest BCUT2D eigenvalue weighted by atomic mass is 10.1. The van der Waals surface area contributed by atoms with Crippen LogP contribution in [0.3, 0.4) is 0 Å². The molecule has 4 nitrogen and oxygen atoms in total. The number of ether oxygens (including phenoxy) is 1. The third-order valence-corrected chi connectivity index (χ3v) is 2.74.